The molecule has 1 aromatic rings. The predicted octanol–water partition coefficient (Wildman–Crippen LogP) is -0.583. The van der Waals surface area contributed by atoms with E-state index in [9.17, 15) is 29.4 Å². The molecule has 2 rings (SSSR count). The molecule has 0 amide bonds. The molecule has 2 heterocycles. The summed E-state index contributed by atoms with van der Waals surface area (Å²) < 4.78 is 6.52. The monoisotopic (exact) mass is 400 g/mol. The maximum atomic E-state index is 12.2. The quantitative estimate of drug-likeness (QED) is 0.316. The van der Waals surface area contributed by atoms with Crippen molar-refractivity contribution in [2.24, 2.45) is 0 Å². The van der Waals surface area contributed by atoms with Gasteiger partial charge < -0.3 is 14.9 Å². The van der Waals surface area contributed by atoms with Crippen LogP contribution in [-0.4, -0.2) is 75.4 Å². The Morgan fingerprint density at radius 2 is 1.93 bits per heavy atom. The van der Waals surface area contributed by atoms with Gasteiger partial charge in [0.05, 0.1) is 18.1 Å². The molecular formula is C17H25N2O7P. The van der Waals surface area contributed by atoms with Crippen molar-refractivity contribution in [1.82, 2.24) is 9.55 Å². The first-order chi connectivity index (χ1) is 12.4. The average Bonchev–Trinajstić information content (AvgIpc) is 2.80. The summed E-state index contributed by atoms with van der Waals surface area (Å²) in [4.78, 5) is 49.2. The second kappa shape index (κ2) is 8.06. The highest BCUT2D eigenvalue weighted by Gasteiger charge is 2.44. The maximum absolute atomic E-state index is 12.2. The van der Waals surface area contributed by atoms with Crippen LogP contribution in [0.15, 0.2) is 15.8 Å². The van der Waals surface area contributed by atoms with Crippen LogP contribution in [-0.2, 0) is 9.53 Å². The molecule has 1 unspecified atom stereocenters. The van der Waals surface area contributed by atoms with E-state index in [1.54, 1.807) is 0 Å². The number of aliphatic hydroxyl groups excluding tert-OH is 2. The number of hydrogen-bond donors (Lipinski definition) is 3. The van der Waals surface area contributed by atoms with Crippen LogP contribution in [0.2, 0.25) is 0 Å². The average molecular weight is 400 g/mol. The van der Waals surface area contributed by atoms with Gasteiger partial charge in [0.1, 0.15) is 18.0 Å². The van der Waals surface area contributed by atoms with Crippen molar-refractivity contribution in [2.45, 2.75) is 44.3 Å². The third kappa shape index (κ3) is 5.13. The lowest BCUT2D eigenvalue weighted by molar-refractivity contribution is -0.116. The van der Waals surface area contributed by atoms with E-state index >= 15 is 0 Å². The SMILES string of the molecule is C=P(C)(C)CC[C@H]1O[C@@H](n2cc(C(=O)CC(C)=O)c(=O)[nH]c2=O)C(O)[C@@H]1O. The molecule has 10 heteroatoms. The summed E-state index contributed by atoms with van der Waals surface area (Å²) in [5.74, 6) is -1.17. The Balaban J connectivity index is 2.33. The van der Waals surface area contributed by atoms with Crippen molar-refractivity contribution in [3.05, 3.63) is 32.6 Å². The van der Waals surface area contributed by atoms with E-state index in [0.717, 1.165) is 16.9 Å². The number of aliphatic hydroxyl groups is 2. The molecule has 150 valence electrons. The zero-order valence-corrected chi connectivity index (χ0v) is 16.4. The van der Waals surface area contributed by atoms with Gasteiger partial charge in [0, 0.05) is 6.20 Å². The number of H-pyrrole nitrogens is 1. The fourth-order valence-electron chi connectivity index (χ4n) is 2.87. The zero-order valence-electron chi connectivity index (χ0n) is 15.5. The van der Waals surface area contributed by atoms with Crippen LogP contribution in [0.4, 0.5) is 0 Å². The predicted molar refractivity (Wildman–Crippen MR) is 102 cm³/mol. The van der Waals surface area contributed by atoms with E-state index < -0.39 is 60.7 Å². The summed E-state index contributed by atoms with van der Waals surface area (Å²) in [6.07, 6.45) is 1.13. The van der Waals surface area contributed by atoms with Gasteiger partial charge in [0.15, 0.2) is 12.0 Å². The van der Waals surface area contributed by atoms with Crippen LogP contribution >= 0.6 is 6.89 Å². The van der Waals surface area contributed by atoms with E-state index in [2.05, 4.69) is 6.30 Å². The molecule has 4 atom stereocenters. The smallest absolute Gasteiger partial charge is 0.330 e. The van der Waals surface area contributed by atoms with Crippen molar-refractivity contribution >= 4 is 24.8 Å². The fraction of sp³-hybridized carbons (Fsp3) is 0.588. The van der Waals surface area contributed by atoms with Crippen molar-refractivity contribution in [3.63, 3.8) is 0 Å². The number of rotatable bonds is 7. The first-order valence-corrected chi connectivity index (χ1v) is 11.5. The number of nitrogens with one attached hydrogen (secondary N) is 1. The van der Waals surface area contributed by atoms with Gasteiger partial charge in [-0.25, -0.2) is 4.79 Å². The lowest BCUT2D eigenvalue weighted by atomic mass is 10.1. The Labute approximate surface area is 156 Å². The van der Waals surface area contributed by atoms with Gasteiger partial charge in [-0.05, 0) is 32.8 Å². The summed E-state index contributed by atoms with van der Waals surface area (Å²) >= 11 is 0. The van der Waals surface area contributed by atoms with Gasteiger partial charge in [0.25, 0.3) is 5.56 Å². The normalized spacial score (nSPS) is 25.5. The van der Waals surface area contributed by atoms with Crippen molar-refractivity contribution < 1.29 is 24.5 Å². The summed E-state index contributed by atoms with van der Waals surface area (Å²) in [6, 6.07) is 0. The Hall–Kier alpha value is -1.80. The van der Waals surface area contributed by atoms with E-state index in [1.807, 2.05) is 18.3 Å². The second-order valence-electron chi connectivity index (χ2n) is 7.51. The molecule has 0 aliphatic carbocycles. The number of ether oxygens (including phenoxy) is 1. The minimum absolute atomic E-state index is 0.386. The molecule has 1 aliphatic heterocycles. The van der Waals surface area contributed by atoms with Crippen LogP contribution in [0.1, 0.15) is 36.4 Å². The molecule has 1 aromatic heterocycles. The van der Waals surface area contributed by atoms with Crippen molar-refractivity contribution in [1.29, 1.82) is 0 Å². The third-order valence-corrected chi connectivity index (χ3v) is 5.78. The Morgan fingerprint density at radius 1 is 1.30 bits per heavy atom. The van der Waals surface area contributed by atoms with Crippen LogP contribution in [0.25, 0.3) is 0 Å². The largest absolute Gasteiger partial charge is 0.388 e. The molecule has 0 bridgehead atoms. The minimum Gasteiger partial charge on any atom is -0.388 e. The lowest BCUT2D eigenvalue weighted by Gasteiger charge is -2.19. The highest BCUT2D eigenvalue weighted by molar-refractivity contribution is 7.72. The van der Waals surface area contributed by atoms with Crippen LogP contribution in [0, 0.1) is 0 Å². The minimum atomic E-state index is -1.42. The topological polar surface area (TPSA) is 139 Å². The molecule has 3 N–H and O–H groups in total. The molecule has 27 heavy (non-hydrogen) atoms. The first kappa shape index (κ1) is 21.5. The number of ketones is 2. The number of hydrogen-bond acceptors (Lipinski definition) is 7. The van der Waals surface area contributed by atoms with Crippen LogP contribution in [0.3, 0.4) is 0 Å². The molecule has 1 fully saturated rings. The molecule has 0 saturated carbocycles. The van der Waals surface area contributed by atoms with Gasteiger partial charge in [-0.3, -0.25) is 23.9 Å². The lowest BCUT2D eigenvalue weighted by Crippen LogP contribution is -2.39. The molecule has 9 nitrogen and oxygen atoms in total. The number of carbonyl (C=O) groups is 2. The maximum Gasteiger partial charge on any atom is 0.330 e. The molecule has 0 spiro atoms. The van der Waals surface area contributed by atoms with Gasteiger partial charge >= 0.3 is 5.69 Å². The molecule has 0 radical (unpaired) electrons. The highest BCUT2D eigenvalue weighted by atomic mass is 31.2. The van der Waals surface area contributed by atoms with Crippen LogP contribution < -0.4 is 11.2 Å². The van der Waals surface area contributed by atoms with Gasteiger partial charge in [-0.15, -0.1) is 13.2 Å². The number of aromatic nitrogens is 2. The summed E-state index contributed by atoms with van der Waals surface area (Å²) in [5.41, 5.74) is -2.19. The summed E-state index contributed by atoms with van der Waals surface area (Å²) in [7, 11) is 0. The molecule has 1 saturated heterocycles. The third-order valence-electron chi connectivity index (χ3n) is 4.31. The van der Waals surface area contributed by atoms with E-state index in [0.29, 0.717) is 6.42 Å². The van der Waals surface area contributed by atoms with E-state index in [1.165, 1.54) is 6.92 Å². The Bertz CT molecular complexity index is 897. The molecule has 1 aliphatic rings. The molecular weight excluding hydrogens is 375 g/mol. The number of carbonyl (C=O) groups excluding carboxylic acids is 2. The molecule has 0 aromatic carbocycles. The highest BCUT2D eigenvalue weighted by Crippen LogP contribution is 2.39. The van der Waals surface area contributed by atoms with Gasteiger partial charge in [-0.1, -0.05) is 0 Å². The first-order valence-electron chi connectivity index (χ1n) is 8.48. The van der Waals surface area contributed by atoms with Gasteiger partial charge in [0.2, 0.25) is 0 Å². The van der Waals surface area contributed by atoms with Crippen molar-refractivity contribution in [3.8, 4) is 0 Å². The Morgan fingerprint density at radius 3 is 2.48 bits per heavy atom. The number of nitrogens with zero attached hydrogens (tertiary/aromatic N) is 1. The zero-order chi connectivity index (χ0) is 20.5. The van der Waals surface area contributed by atoms with E-state index in [-0.39, 0.29) is 5.56 Å². The van der Waals surface area contributed by atoms with E-state index in [4.69, 9.17) is 4.74 Å². The summed E-state index contributed by atoms with van der Waals surface area (Å²) in [6.45, 7) is 3.89. The van der Waals surface area contributed by atoms with Crippen LogP contribution in [0.5, 0.6) is 0 Å². The Kier molecular flexibility index (Phi) is 6.42. The summed E-state index contributed by atoms with van der Waals surface area (Å²) in [5, 5.41) is 20.6. The fourth-order valence-corrected chi connectivity index (χ4v) is 3.82. The number of aromatic amines is 1. The number of Topliss-reactive ketones (excluding diaryl/α,β-unsaturated/α-hetero) is 2. The van der Waals surface area contributed by atoms with Crippen molar-refractivity contribution in [2.75, 3.05) is 19.5 Å². The second-order valence-corrected chi connectivity index (χ2v) is 11.8. The van der Waals surface area contributed by atoms with Gasteiger partial charge in [-0.2, -0.15) is 0 Å². The standard InChI is InChI=1S/C17H25N2O7P/c1-9(20)7-11(21)10-8-19(17(25)18-15(10)24)16-14(23)13(22)12(26-16)5-6-27(2,3)4/h8,12-14,16,22-23H,2,5-7H2,1,3-4H3,(H,18,24,25)/t12-,13-,14?,16-/m1/s1.